The molecule has 1 fully saturated rings. The third kappa shape index (κ3) is 3.09. The van der Waals surface area contributed by atoms with Crippen LogP contribution in [0.25, 0.3) is 11.5 Å². The summed E-state index contributed by atoms with van der Waals surface area (Å²) in [5.74, 6) is -4.04. The van der Waals surface area contributed by atoms with Gasteiger partial charge in [-0.1, -0.05) is 5.16 Å². The van der Waals surface area contributed by atoms with E-state index in [4.69, 9.17) is 4.52 Å². The van der Waals surface area contributed by atoms with E-state index in [1.165, 1.54) is 4.90 Å². The first-order valence-corrected chi connectivity index (χ1v) is 9.79. The number of aryl methyl sites for hydroxylation is 1. The standard InChI is InChI=1S/C21H19F3N4O2/c1-11-6-17(25-9-11)18-26-19(30-27-18)12-2-4-14-8-21(23,24)16-7-13(22)3-5-15(16)20(29)28(14)10-12/h3,5-7,9,12,14,25H,2,4,8,10H2,1H3/t12-,14+/m0/s1. The van der Waals surface area contributed by atoms with Crippen molar-refractivity contribution >= 4 is 5.91 Å². The predicted octanol–water partition coefficient (Wildman–Crippen LogP) is 4.40. The van der Waals surface area contributed by atoms with Crippen molar-refractivity contribution in [2.75, 3.05) is 6.54 Å². The van der Waals surface area contributed by atoms with E-state index < -0.39 is 35.7 Å². The van der Waals surface area contributed by atoms with Crippen LogP contribution in [0, 0.1) is 12.7 Å². The van der Waals surface area contributed by atoms with Gasteiger partial charge in [0.15, 0.2) is 0 Å². The fourth-order valence-corrected chi connectivity index (χ4v) is 4.40. The molecule has 0 spiro atoms. The molecule has 1 saturated heterocycles. The Kier molecular flexibility index (Phi) is 4.23. The zero-order valence-electron chi connectivity index (χ0n) is 16.2. The Labute approximate surface area is 170 Å². The maximum absolute atomic E-state index is 14.8. The van der Waals surface area contributed by atoms with Crippen LogP contribution in [0.4, 0.5) is 13.2 Å². The Morgan fingerprint density at radius 3 is 2.87 bits per heavy atom. The van der Waals surface area contributed by atoms with Gasteiger partial charge in [-0.25, -0.2) is 13.2 Å². The van der Waals surface area contributed by atoms with Gasteiger partial charge in [-0.3, -0.25) is 4.79 Å². The van der Waals surface area contributed by atoms with Crippen molar-refractivity contribution < 1.29 is 22.5 Å². The van der Waals surface area contributed by atoms with Crippen molar-refractivity contribution in [1.29, 1.82) is 0 Å². The van der Waals surface area contributed by atoms with Crippen LogP contribution in [0.15, 0.2) is 35.0 Å². The van der Waals surface area contributed by atoms with Crippen LogP contribution in [-0.2, 0) is 5.92 Å². The molecule has 3 aromatic rings. The molecule has 2 aliphatic heterocycles. The number of aromatic nitrogens is 3. The van der Waals surface area contributed by atoms with Gasteiger partial charge in [-0.2, -0.15) is 4.98 Å². The van der Waals surface area contributed by atoms with E-state index in [0.717, 1.165) is 29.5 Å². The van der Waals surface area contributed by atoms with Crippen molar-refractivity contribution in [2.24, 2.45) is 0 Å². The molecular formula is C21H19F3N4O2. The zero-order chi connectivity index (χ0) is 21.0. The molecule has 5 rings (SSSR count). The molecule has 1 amide bonds. The Bertz CT molecular complexity index is 1120. The first kappa shape index (κ1) is 18.9. The molecule has 0 saturated carbocycles. The van der Waals surface area contributed by atoms with E-state index in [1.807, 2.05) is 19.2 Å². The van der Waals surface area contributed by atoms with Crippen LogP contribution < -0.4 is 0 Å². The van der Waals surface area contributed by atoms with Crippen LogP contribution in [0.2, 0.25) is 0 Å². The summed E-state index contributed by atoms with van der Waals surface area (Å²) in [6.07, 6.45) is 2.22. The van der Waals surface area contributed by atoms with Gasteiger partial charge in [0.1, 0.15) is 5.82 Å². The van der Waals surface area contributed by atoms with Gasteiger partial charge >= 0.3 is 0 Å². The SMILES string of the molecule is Cc1c[nH]c(-c2noc([C@H]3CC[C@@H]4CC(F)(F)c5cc(F)ccc5C(=O)N4C3)n2)c1. The summed E-state index contributed by atoms with van der Waals surface area (Å²) in [4.78, 5) is 22.0. The average Bonchev–Trinajstić information content (AvgIpc) is 3.35. The normalized spacial score (nSPS) is 23.1. The lowest BCUT2D eigenvalue weighted by atomic mass is 9.89. The Morgan fingerprint density at radius 2 is 2.10 bits per heavy atom. The minimum absolute atomic E-state index is 0.155. The predicted molar refractivity (Wildman–Crippen MR) is 101 cm³/mol. The van der Waals surface area contributed by atoms with Gasteiger partial charge in [0, 0.05) is 36.3 Å². The van der Waals surface area contributed by atoms with Crippen molar-refractivity contribution in [2.45, 2.75) is 44.1 Å². The molecule has 0 radical (unpaired) electrons. The second-order valence-corrected chi connectivity index (χ2v) is 8.03. The van der Waals surface area contributed by atoms with E-state index in [-0.39, 0.29) is 18.0 Å². The molecule has 1 aromatic carbocycles. The lowest BCUT2D eigenvalue weighted by Crippen LogP contribution is -2.46. The largest absolute Gasteiger partial charge is 0.358 e. The average molecular weight is 416 g/mol. The number of H-pyrrole nitrogens is 1. The number of alkyl halides is 2. The first-order valence-electron chi connectivity index (χ1n) is 9.79. The number of nitrogens with zero attached hydrogens (tertiary/aromatic N) is 3. The highest BCUT2D eigenvalue weighted by Gasteiger charge is 2.47. The highest BCUT2D eigenvalue weighted by Crippen LogP contribution is 2.44. The van der Waals surface area contributed by atoms with Crippen LogP contribution in [0.1, 0.15) is 52.6 Å². The van der Waals surface area contributed by atoms with Crippen molar-refractivity contribution in [3.63, 3.8) is 0 Å². The van der Waals surface area contributed by atoms with Crippen LogP contribution in [0.5, 0.6) is 0 Å². The summed E-state index contributed by atoms with van der Waals surface area (Å²) in [5, 5.41) is 4.00. The molecule has 0 bridgehead atoms. The molecule has 0 aliphatic carbocycles. The van der Waals surface area contributed by atoms with E-state index in [0.29, 0.717) is 24.6 Å². The molecule has 1 N–H and O–H groups in total. The molecule has 6 nitrogen and oxygen atoms in total. The fourth-order valence-electron chi connectivity index (χ4n) is 4.40. The van der Waals surface area contributed by atoms with Crippen LogP contribution >= 0.6 is 0 Å². The third-order valence-corrected chi connectivity index (χ3v) is 5.92. The Balaban J connectivity index is 1.44. The van der Waals surface area contributed by atoms with Gasteiger partial charge in [0.25, 0.3) is 11.8 Å². The number of carbonyl (C=O) groups is 1. The van der Waals surface area contributed by atoms with Crippen LogP contribution in [-0.4, -0.2) is 38.5 Å². The van der Waals surface area contributed by atoms with E-state index >= 15 is 0 Å². The molecule has 2 aliphatic rings. The second kappa shape index (κ2) is 6.72. The van der Waals surface area contributed by atoms with Crippen LogP contribution in [0.3, 0.4) is 0 Å². The number of aromatic amines is 1. The van der Waals surface area contributed by atoms with Gasteiger partial charge < -0.3 is 14.4 Å². The molecule has 156 valence electrons. The van der Waals surface area contributed by atoms with Crippen molar-refractivity contribution in [3.8, 4) is 11.5 Å². The first-order chi connectivity index (χ1) is 14.3. The summed E-state index contributed by atoms with van der Waals surface area (Å²) in [5.41, 5.74) is 1.05. The number of carbonyl (C=O) groups excluding carboxylic acids is 1. The number of benzene rings is 1. The quantitative estimate of drug-likeness (QED) is 0.672. The smallest absolute Gasteiger partial charge is 0.276 e. The lowest BCUT2D eigenvalue weighted by molar-refractivity contribution is -0.0372. The van der Waals surface area contributed by atoms with Gasteiger partial charge in [0.05, 0.1) is 11.6 Å². The van der Waals surface area contributed by atoms with Gasteiger partial charge in [0.2, 0.25) is 11.7 Å². The van der Waals surface area contributed by atoms with Gasteiger partial charge in [-0.05, 0) is 49.6 Å². The molecule has 4 heterocycles. The monoisotopic (exact) mass is 416 g/mol. The zero-order valence-corrected chi connectivity index (χ0v) is 16.2. The van der Waals surface area contributed by atoms with E-state index in [2.05, 4.69) is 15.1 Å². The number of fused-ring (bicyclic) bond motifs is 2. The number of rotatable bonds is 2. The third-order valence-electron chi connectivity index (χ3n) is 5.92. The van der Waals surface area contributed by atoms with Crippen molar-refractivity contribution in [1.82, 2.24) is 20.0 Å². The summed E-state index contributed by atoms with van der Waals surface area (Å²) in [7, 11) is 0. The summed E-state index contributed by atoms with van der Waals surface area (Å²) in [6.45, 7) is 2.13. The molecular weight excluding hydrogens is 397 g/mol. The Morgan fingerprint density at radius 1 is 1.27 bits per heavy atom. The maximum Gasteiger partial charge on any atom is 0.276 e. The van der Waals surface area contributed by atoms with Gasteiger partial charge in [-0.15, -0.1) is 0 Å². The fraction of sp³-hybridized carbons (Fsp3) is 0.381. The number of halogens is 3. The number of nitrogens with one attached hydrogen (secondary N) is 1. The molecule has 2 atom stereocenters. The van der Waals surface area contributed by atoms with E-state index in [9.17, 15) is 18.0 Å². The number of hydrogen-bond acceptors (Lipinski definition) is 4. The lowest BCUT2D eigenvalue weighted by Gasteiger charge is -2.38. The molecule has 2 aromatic heterocycles. The molecule has 9 heteroatoms. The number of amides is 1. The summed E-state index contributed by atoms with van der Waals surface area (Å²) in [6, 6.07) is 4.21. The highest BCUT2D eigenvalue weighted by molar-refractivity contribution is 5.96. The second-order valence-electron chi connectivity index (χ2n) is 8.03. The topological polar surface area (TPSA) is 75.0 Å². The number of hydrogen-bond donors (Lipinski definition) is 1. The molecule has 0 unspecified atom stereocenters. The molecule has 30 heavy (non-hydrogen) atoms. The van der Waals surface area contributed by atoms with E-state index in [1.54, 1.807) is 0 Å². The summed E-state index contributed by atoms with van der Waals surface area (Å²) < 4.78 is 48.6. The Hall–Kier alpha value is -3.10. The summed E-state index contributed by atoms with van der Waals surface area (Å²) >= 11 is 0. The van der Waals surface area contributed by atoms with Crippen molar-refractivity contribution in [3.05, 3.63) is 58.9 Å². The maximum atomic E-state index is 14.8. The number of piperidine rings is 1. The highest BCUT2D eigenvalue weighted by atomic mass is 19.3. The minimum Gasteiger partial charge on any atom is -0.358 e. The minimum atomic E-state index is -3.28.